The molecule has 0 heterocycles. The average Bonchev–Trinajstić information content (AvgIpc) is 2.35. The minimum Gasteiger partial charge on any atom is -0.349 e. The molecule has 0 saturated carbocycles. The molecule has 0 aliphatic rings. The van der Waals surface area contributed by atoms with E-state index in [0.717, 1.165) is 6.42 Å². The average molecular weight is 270 g/mol. The molecule has 0 aromatic heterocycles. The largest absolute Gasteiger partial charge is 0.349 e. The minimum atomic E-state index is -0.705. The van der Waals surface area contributed by atoms with Crippen LogP contribution in [0.25, 0.3) is 0 Å². The summed E-state index contributed by atoms with van der Waals surface area (Å²) in [6.45, 7) is 3.93. The first-order valence-electron chi connectivity index (χ1n) is 6.42. The summed E-state index contributed by atoms with van der Waals surface area (Å²) in [7, 11) is 0. The topological polar surface area (TPSA) is 55.1 Å². The van der Waals surface area contributed by atoms with E-state index in [-0.39, 0.29) is 23.8 Å². The van der Waals surface area contributed by atoms with Crippen LogP contribution < -0.4 is 11.1 Å². The Kier molecular flexibility index (Phi) is 5.89. The van der Waals surface area contributed by atoms with Gasteiger partial charge in [-0.1, -0.05) is 19.4 Å². The molecule has 2 unspecified atom stereocenters. The Labute approximate surface area is 112 Å². The molecule has 0 fully saturated rings. The SMILES string of the molecule is CCC(CN)CC(=O)NC(C)c1c(F)cccc1F. The van der Waals surface area contributed by atoms with E-state index in [4.69, 9.17) is 5.73 Å². The molecule has 0 spiro atoms. The molecule has 0 aliphatic carbocycles. The molecule has 0 saturated heterocycles. The molecule has 1 aromatic carbocycles. The summed E-state index contributed by atoms with van der Waals surface area (Å²) in [6, 6.07) is 2.94. The van der Waals surface area contributed by atoms with Gasteiger partial charge < -0.3 is 11.1 Å². The summed E-state index contributed by atoms with van der Waals surface area (Å²) in [5, 5.41) is 2.60. The van der Waals surface area contributed by atoms with E-state index in [2.05, 4.69) is 5.32 Å². The molecule has 0 radical (unpaired) electrons. The van der Waals surface area contributed by atoms with E-state index < -0.39 is 17.7 Å². The van der Waals surface area contributed by atoms with Gasteiger partial charge in [0.25, 0.3) is 0 Å². The van der Waals surface area contributed by atoms with Crippen molar-refractivity contribution >= 4 is 5.91 Å². The molecule has 2 atom stereocenters. The number of rotatable bonds is 6. The monoisotopic (exact) mass is 270 g/mol. The zero-order chi connectivity index (χ0) is 14.4. The second-order valence-corrected chi connectivity index (χ2v) is 4.64. The van der Waals surface area contributed by atoms with E-state index in [9.17, 15) is 13.6 Å². The van der Waals surface area contributed by atoms with Gasteiger partial charge in [-0.2, -0.15) is 0 Å². The Morgan fingerprint density at radius 2 is 1.95 bits per heavy atom. The van der Waals surface area contributed by atoms with Crippen LogP contribution in [0, 0.1) is 17.6 Å². The normalized spacial score (nSPS) is 13.9. The highest BCUT2D eigenvalue weighted by molar-refractivity contribution is 5.76. The number of carbonyl (C=O) groups is 1. The zero-order valence-corrected chi connectivity index (χ0v) is 11.2. The lowest BCUT2D eigenvalue weighted by Crippen LogP contribution is -2.31. The van der Waals surface area contributed by atoms with Gasteiger partial charge in [-0.05, 0) is 31.5 Å². The van der Waals surface area contributed by atoms with Crippen LogP contribution in [0.4, 0.5) is 8.78 Å². The van der Waals surface area contributed by atoms with Crippen molar-refractivity contribution in [2.45, 2.75) is 32.7 Å². The lowest BCUT2D eigenvalue weighted by Gasteiger charge is -2.18. The fraction of sp³-hybridized carbons (Fsp3) is 0.500. The summed E-state index contributed by atoms with van der Waals surface area (Å²) in [4.78, 5) is 11.8. The maximum atomic E-state index is 13.5. The molecule has 3 nitrogen and oxygen atoms in total. The summed E-state index contributed by atoms with van der Waals surface area (Å²) in [6.07, 6.45) is 1.07. The standard InChI is InChI=1S/C14H20F2N2O/c1-3-10(8-17)7-13(19)18-9(2)14-11(15)5-4-6-12(14)16/h4-6,9-10H,3,7-8,17H2,1-2H3,(H,18,19). The molecule has 1 aromatic rings. The number of amides is 1. The highest BCUT2D eigenvalue weighted by atomic mass is 19.1. The summed E-state index contributed by atoms with van der Waals surface area (Å²) >= 11 is 0. The molecule has 106 valence electrons. The molecular weight excluding hydrogens is 250 g/mol. The van der Waals surface area contributed by atoms with Gasteiger partial charge in [0.05, 0.1) is 6.04 Å². The minimum absolute atomic E-state index is 0.0951. The zero-order valence-electron chi connectivity index (χ0n) is 11.2. The predicted molar refractivity (Wildman–Crippen MR) is 70.4 cm³/mol. The third-order valence-electron chi connectivity index (χ3n) is 3.19. The third-order valence-corrected chi connectivity index (χ3v) is 3.19. The fourth-order valence-corrected chi connectivity index (χ4v) is 1.95. The lowest BCUT2D eigenvalue weighted by atomic mass is 10.0. The van der Waals surface area contributed by atoms with Crippen molar-refractivity contribution in [2.75, 3.05) is 6.54 Å². The van der Waals surface area contributed by atoms with Crippen molar-refractivity contribution in [2.24, 2.45) is 11.7 Å². The Balaban J connectivity index is 2.69. The Morgan fingerprint density at radius 1 is 1.37 bits per heavy atom. The first-order valence-corrected chi connectivity index (χ1v) is 6.42. The number of benzene rings is 1. The van der Waals surface area contributed by atoms with Crippen molar-refractivity contribution in [3.05, 3.63) is 35.4 Å². The number of halogens is 2. The summed E-state index contributed by atoms with van der Waals surface area (Å²) in [5.41, 5.74) is 5.41. The molecule has 19 heavy (non-hydrogen) atoms. The number of hydrogen-bond donors (Lipinski definition) is 2. The van der Waals surface area contributed by atoms with Gasteiger partial charge in [-0.3, -0.25) is 4.79 Å². The maximum Gasteiger partial charge on any atom is 0.220 e. The van der Waals surface area contributed by atoms with Crippen molar-refractivity contribution in [1.29, 1.82) is 0 Å². The van der Waals surface area contributed by atoms with E-state index in [0.29, 0.717) is 6.54 Å². The molecule has 1 amide bonds. The van der Waals surface area contributed by atoms with Crippen LogP contribution >= 0.6 is 0 Å². The molecule has 0 bridgehead atoms. The Hall–Kier alpha value is -1.49. The highest BCUT2D eigenvalue weighted by Crippen LogP contribution is 2.20. The van der Waals surface area contributed by atoms with Crippen molar-refractivity contribution in [3.8, 4) is 0 Å². The van der Waals surface area contributed by atoms with Gasteiger partial charge >= 0.3 is 0 Å². The quantitative estimate of drug-likeness (QED) is 0.834. The highest BCUT2D eigenvalue weighted by Gasteiger charge is 2.19. The van der Waals surface area contributed by atoms with Crippen molar-refractivity contribution in [3.63, 3.8) is 0 Å². The van der Waals surface area contributed by atoms with E-state index in [1.165, 1.54) is 18.2 Å². The van der Waals surface area contributed by atoms with Crippen LogP contribution in [0.2, 0.25) is 0 Å². The Bertz CT molecular complexity index is 413. The van der Waals surface area contributed by atoms with Crippen LogP contribution in [0.5, 0.6) is 0 Å². The smallest absolute Gasteiger partial charge is 0.220 e. The number of nitrogens with two attached hydrogens (primary N) is 1. The van der Waals surface area contributed by atoms with E-state index in [1.807, 2.05) is 6.92 Å². The first kappa shape index (κ1) is 15.6. The van der Waals surface area contributed by atoms with Crippen LogP contribution in [-0.2, 0) is 4.79 Å². The van der Waals surface area contributed by atoms with Gasteiger partial charge in [0.1, 0.15) is 11.6 Å². The van der Waals surface area contributed by atoms with Crippen molar-refractivity contribution < 1.29 is 13.6 Å². The van der Waals surface area contributed by atoms with Gasteiger partial charge in [0, 0.05) is 12.0 Å². The molecule has 3 N–H and O–H groups in total. The van der Waals surface area contributed by atoms with E-state index in [1.54, 1.807) is 6.92 Å². The van der Waals surface area contributed by atoms with Crippen LogP contribution in [-0.4, -0.2) is 12.5 Å². The summed E-state index contributed by atoms with van der Waals surface area (Å²) < 4.78 is 27.1. The van der Waals surface area contributed by atoms with E-state index >= 15 is 0 Å². The second-order valence-electron chi connectivity index (χ2n) is 4.64. The predicted octanol–water partition coefficient (Wildman–Crippen LogP) is 2.52. The van der Waals surface area contributed by atoms with Crippen LogP contribution in [0.15, 0.2) is 18.2 Å². The fourth-order valence-electron chi connectivity index (χ4n) is 1.95. The molecular formula is C14H20F2N2O. The van der Waals surface area contributed by atoms with Gasteiger partial charge in [-0.25, -0.2) is 8.78 Å². The second kappa shape index (κ2) is 7.19. The lowest BCUT2D eigenvalue weighted by molar-refractivity contribution is -0.122. The molecule has 5 heteroatoms. The van der Waals surface area contributed by atoms with Gasteiger partial charge in [0.15, 0.2) is 0 Å². The Morgan fingerprint density at radius 3 is 2.42 bits per heavy atom. The number of hydrogen-bond acceptors (Lipinski definition) is 2. The number of nitrogens with one attached hydrogen (secondary N) is 1. The molecule has 0 aliphatic heterocycles. The third kappa shape index (κ3) is 4.28. The number of carbonyl (C=O) groups excluding carboxylic acids is 1. The maximum absolute atomic E-state index is 13.5. The van der Waals surface area contributed by atoms with Gasteiger partial charge in [-0.15, -0.1) is 0 Å². The van der Waals surface area contributed by atoms with Gasteiger partial charge in [0.2, 0.25) is 5.91 Å². The van der Waals surface area contributed by atoms with Crippen LogP contribution in [0.3, 0.4) is 0 Å². The van der Waals surface area contributed by atoms with Crippen molar-refractivity contribution in [1.82, 2.24) is 5.32 Å². The molecule has 1 rings (SSSR count). The summed E-state index contributed by atoms with van der Waals surface area (Å²) in [5.74, 6) is -1.46. The first-order chi connectivity index (χ1) is 8.99. The van der Waals surface area contributed by atoms with Crippen LogP contribution in [0.1, 0.15) is 38.3 Å².